The molecule has 0 amide bonds. The largest absolute Gasteiger partial charge is 0.310 e. The summed E-state index contributed by atoms with van der Waals surface area (Å²) in [6.07, 6.45) is 1.12. The van der Waals surface area contributed by atoms with Crippen molar-refractivity contribution in [2.24, 2.45) is 0 Å². The van der Waals surface area contributed by atoms with Crippen molar-refractivity contribution in [3.05, 3.63) is 34.7 Å². The molecule has 0 radical (unpaired) electrons. The molecule has 0 fully saturated rings. The Bertz CT molecular complexity index is 471. The summed E-state index contributed by atoms with van der Waals surface area (Å²) < 4.78 is 1.42. The molecule has 86 valence electrons. The third-order valence-electron chi connectivity index (χ3n) is 2.81. The number of aryl methyl sites for hydroxylation is 1. The van der Waals surface area contributed by atoms with Gasteiger partial charge in [0.1, 0.15) is 0 Å². The second kappa shape index (κ2) is 4.98. The Balaban J connectivity index is 2.36. The van der Waals surface area contributed by atoms with Gasteiger partial charge in [0.05, 0.1) is 0 Å². The lowest BCUT2D eigenvalue weighted by Gasteiger charge is -2.07. The summed E-state index contributed by atoms with van der Waals surface area (Å²) in [5, 5.41) is 4.95. The Hall–Kier alpha value is -0.860. The summed E-state index contributed by atoms with van der Waals surface area (Å²) in [4.78, 5) is 1.50. The van der Waals surface area contributed by atoms with Gasteiger partial charge in [-0.1, -0.05) is 39.0 Å². The van der Waals surface area contributed by atoms with Gasteiger partial charge in [0, 0.05) is 22.2 Å². The smallest absolute Gasteiger partial charge is 0.0349 e. The van der Waals surface area contributed by atoms with E-state index in [2.05, 4.69) is 50.4 Å². The topological polar surface area (TPSA) is 12.0 Å². The summed E-state index contributed by atoms with van der Waals surface area (Å²) in [6.45, 7) is 7.63. The van der Waals surface area contributed by atoms with Crippen LogP contribution in [0.15, 0.2) is 24.3 Å². The number of thiophene rings is 1. The highest BCUT2D eigenvalue weighted by atomic mass is 32.1. The monoisotopic (exact) mass is 233 g/mol. The number of fused-ring (bicyclic) bond motifs is 1. The van der Waals surface area contributed by atoms with E-state index in [-0.39, 0.29) is 0 Å². The molecule has 0 spiro atoms. The molecule has 1 aromatic heterocycles. The molecule has 1 N–H and O–H groups in total. The van der Waals surface area contributed by atoms with Gasteiger partial charge in [0.25, 0.3) is 0 Å². The third-order valence-corrected chi connectivity index (χ3v) is 4.02. The number of rotatable bonds is 4. The van der Waals surface area contributed by atoms with E-state index in [0.29, 0.717) is 6.04 Å². The van der Waals surface area contributed by atoms with E-state index >= 15 is 0 Å². The number of benzene rings is 1. The van der Waals surface area contributed by atoms with Gasteiger partial charge in [-0.2, -0.15) is 0 Å². The molecule has 0 aliphatic heterocycles. The average Bonchev–Trinajstić information content (AvgIpc) is 2.63. The van der Waals surface area contributed by atoms with Crippen molar-refractivity contribution < 1.29 is 0 Å². The Kier molecular flexibility index (Phi) is 3.62. The Labute approximate surface area is 101 Å². The first kappa shape index (κ1) is 11.6. The highest BCUT2D eigenvalue weighted by Crippen LogP contribution is 2.31. The number of nitrogens with one attached hydrogen (secondary N) is 1. The van der Waals surface area contributed by atoms with Crippen LogP contribution in [0.25, 0.3) is 10.1 Å². The van der Waals surface area contributed by atoms with Crippen LogP contribution in [0.1, 0.15) is 31.2 Å². The average molecular weight is 233 g/mol. The summed E-state index contributed by atoms with van der Waals surface area (Å²) >= 11 is 1.93. The van der Waals surface area contributed by atoms with E-state index in [1.54, 1.807) is 0 Å². The quantitative estimate of drug-likeness (QED) is 0.843. The zero-order valence-corrected chi connectivity index (χ0v) is 11.0. The molecule has 0 aliphatic rings. The van der Waals surface area contributed by atoms with Gasteiger partial charge >= 0.3 is 0 Å². The zero-order chi connectivity index (χ0) is 11.5. The fraction of sp³-hybridized carbons (Fsp3) is 0.429. The molecule has 2 rings (SSSR count). The van der Waals surface area contributed by atoms with E-state index in [1.165, 1.54) is 20.5 Å². The summed E-state index contributed by atoms with van der Waals surface area (Å²) in [5.41, 5.74) is 1.52. The molecule has 0 saturated heterocycles. The van der Waals surface area contributed by atoms with E-state index in [9.17, 15) is 0 Å². The fourth-order valence-electron chi connectivity index (χ4n) is 1.98. The highest BCUT2D eigenvalue weighted by Gasteiger charge is 2.09. The zero-order valence-electron chi connectivity index (χ0n) is 10.2. The maximum Gasteiger partial charge on any atom is 0.0349 e. The van der Waals surface area contributed by atoms with Crippen molar-refractivity contribution in [3.8, 4) is 0 Å². The molecule has 0 saturated carbocycles. The molecule has 0 aliphatic carbocycles. The highest BCUT2D eigenvalue weighted by molar-refractivity contribution is 7.19. The van der Waals surface area contributed by atoms with Gasteiger partial charge in [0.2, 0.25) is 0 Å². The van der Waals surface area contributed by atoms with Gasteiger partial charge in [0.15, 0.2) is 0 Å². The van der Waals surface area contributed by atoms with Crippen molar-refractivity contribution in [3.63, 3.8) is 0 Å². The summed E-state index contributed by atoms with van der Waals surface area (Å²) in [7, 11) is 0. The van der Waals surface area contributed by atoms with Gasteiger partial charge in [-0.3, -0.25) is 0 Å². The number of hydrogen-bond acceptors (Lipinski definition) is 2. The molecule has 2 aromatic rings. The molecule has 0 unspecified atom stereocenters. The van der Waals surface area contributed by atoms with Crippen LogP contribution in [0.4, 0.5) is 0 Å². The van der Waals surface area contributed by atoms with Crippen LogP contribution in [0, 0.1) is 0 Å². The van der Waals surface area contributed by atoms with Crippen LogP contribution in [0.2, 0.25) is 0 Å². The van der Waals surface area contributed by atoms with Crippen molar-refractivity contribution in [1.82, 2.24) is 5.32 Å². The molecular formula is C14H19NS. The minimum atomic E-state index is 0.551. The second-order valence-electron chi connectivity index (χ2n) is 4.39. The predicted molar refractivity (Wildman–Crippen MR) is 73.2 cm³/mol. The van der Waals surface area contributed by atoms with E-state index in [4.69, 9.17) is 0 Å². The summed E-state index contributed by atoms with van der Waals surface area (Å²) in [5.74, 6) is 0. The Morgan fingerprint density at radius 2 is 2.00 bits per heavy atom. The molecule has 2 heteroatoms. The second-order valence-corrected chi connectivity index (χ2v) is 5.53. The molecule has 16 heavy (non-hydrogen) atoms. The van der Waals surface area contributed by atoms with Crippen LogP contribution in [0.3, 0.4) is 0 Å². The maximum atomic E-state index is 3.51. The predicted octanol–water partition coefficient (Wildman–Crippen LogP) is 3.96. The number of hydrogen-bond donors (Lipinski definition) is 1. The van der Waals surface area contributed by atoms with Gasteiger partial charge in [-0.25, -0.2) is 0 Å². The van der Waals surface area contributed by atoms with Gasteiger partial charge < -0.3 is 5.32 Å². The first-order chi connectivity index (χ1) is 7.72. The lowest BCUT2D eigenvalue weighted by molar-refractivity contribution is 0.591. The van der Waals surface area contributed by atoms with Crippen molar-refractivity contribution in [2.45, 2.75) is 39.8 Å². The minimum absolute atomic E-state index is 0.551. The van der Waals surface area contributed by atoms with Crippen molar-refractivity contribution in [2.75, 3.05) is 0 Å². The van der Waals surface area contributed by atoms with E-state index in [1.807, 2.05) is 11.3 Å². The molecule has 1 heterocycles. The lowest BCUT2D eigenvalue weighted by atomic mass is 10.1. The first-order valence-corrected chi connectivity index (χ1v) is 6.76. The summed E-state index contributed by atoms with van der Waals surface area (Å²) in [6, 6.07) is 9.27. The van der Waals surface area contributed by atoms with Crippen LogP contribution in [-0.4, -0.2) is 6.04 Å². The van der Waals surface area contributed by atoms with Crippen molar-refractivity contribution >= 4 is 21.4 Å². The third kappa shape index (κ3) is 2.28. The maximum absolute atomic E-state index is 3.51. The Morgan fingerprint density at radius 3 is 2.69 bits per heavy atom. The van der Waals surface area contributed by atoms with E-state index < -0.39 is 0 Å². The standard InChI is InChI=1S/C14H19NS/c1-4-11-12-7-5-6-8-13(12)16-14(11)9-15-10(2)3/h5-8,10,15H,4,9H2,1-3H3. The normalized spacial score (nSPS) is 11.5. The fourth-order valence-corrected chi connectivity index (χ4v) is 3.22. The molecule has 0 atom stereocenters. The molecule has 1 nitrogen and oxygen atoms in total. The SMILES string of the molecule is CCc1c(CNC(C)C)sc2ccccc12. The molecule has 1 aromatic carbocycles. The molecular weight excluding hydrogens is 214 g/mol. The van der Waals surface area contributed by atoms with Crippen LogP contribution in [-0.2, 0) is 13.0 Å². The van der Waals surface area contributed by atoms with Crippen LogP contribution < -0.4 is 5.32 Å². The van der Waals surface area contributed by atoms with Crippen LogP contribution >= 0.6 is 11.3 Å². The first-order valence-electron chi connectivity index (χ1n) is 5.95. The minimum Gasteiger partial charge on any atom is -0.310 e. The van der Waals surface area contributed by atoms with Crippen molar-refractivity contribution in [1.29, 1.82) is 0 Å². The lowest BCUT2D eigenvalue weighted by Crippen LogP contribution is -2.21. The van der Waals surface area contributed by atoms with E-state index in [0.717, 1.165) is 13.0 Å². The Morgan fingerprint density at radius 1 is 1.25 bits per heavy atom. The van der Waals surface area contributed by atoms with Crippen LogP contribution in [0.5, 0.6) is 0 Å². The van der Waals surface area contributed by atoms with Gasteiger partial charge in [-0.05, 0) is 23.4 Å². The van der Waals surface area contributed by atoms with Gasteiger partial charge in [-0.15, -0.1) is 11.3 Å². The molecule has 0 bridgehead atoms.